The summed E-state index contributed by atoms with van der Waals surface area (Å²) in [6.07, 6.45) is 2.19. The van der Waals surface area contributed by atoms with E-state index in [1.54, 1.807) is 12.1 Å². The van der Waals surface area contributed by atoms with Gasteiger partial charge in [-0.3, -0.25) is 4.79 Å². The van der Waals surface area contributed by atoms with Gasteiger partial charge < -0.3 is 16.8 Å². The van der Waals surface area contributed by atoms with Crippen LogP contribution in [0.5, 0.6) is 0 Å². The Balaban J connectivity index is 0.00000324. The molecule has 0 heterocycles. The molecule has 5 nitrogen and oxygen atoms in total. The van der Waals surface area contributed by atoms with Crippen LogP contribution in [0.4, 0.5) is 0 Å². The second-order valence-electron chi connectivity index (χ2n) is 4.04. The number of carbonyl (C=O) groups excluding carboxylic acids is 1. The number of carbonyl (C=O) groups is 1. The van der Waals surface area contributed by atoms with Crippen molar-refractivity contribution in [2.45, 2.75) is 26.3 Å². The largest absolute Gasteiger partial charge is 0.370 e. The van der Waals surface area contributed by atoms with Crippen LogP contribution in [-0.4, -0.2) is 18.4 Å². The molecule has 0 atom stereocenters. The minimum atomic E-state index is -0.425. The summed E-state index contributed by atoms with van der Waals surface area (Å²) >= 11 is 0. The Bertz CT molecular complexity index is 417. The molecule has 0 fully saturated rings. The van der Waals surface area contributed by atoms with Crippen LogP contribution in [0.15, 0.2) is 29.3 Å². The molecule has 5 N–H and O–H groups in total. The number of benzene rings is 1. The topological polar surface area (TPSA) is 93.5 Å². The van der Waals surface area contributed by atoms with E-state index in [1.807, 2.05) is 12.1 Å². The normalized spacial score (nSPS) is 10.7. The Hall–Kier alpha value is -1.31. The third kappa shape index (κ3) is 7.00. The van der Waals surface area contributed by atoms with Gasteiger partial charge in [-0.2, -0.15) is 0 Å². The van der Waals surface area contributed by atoms with Crippen molar-refractivity contribution in [3.05, 3.63) is 35.4 Å². The number of halogens is 1. The molecule has 0 saturated carbocycles. The highest BCUT2D eigenvalue weighted by Crippen LogP contribution is 2.04. The summed E-state index contributed by atoms with van der Waals surface area (Å²) in [6.45, 7) is 3.45. The van der Waals surface area contributed by atoms with Gasteiger partial charge in [0.05, 0.1) is 6.54 Å². The first kappa shape index (κ1) is 17.7. The van der Waals surface area contributed by atoms with Gasteiger partial charge in [0.15, 0.2) is 5.96 Å². The van der Waals surface area contributed by atoms with E-state index in [-0.39, 0.29) is 24.0 Å². The van der Waals surface area contributed by atoms with Gasteiger partial charge in [0.2, 0.25) is 5.91 Å². The Labute approximate surface area is 130 Å². The minimum Gasteiger partial charge on any atom is -0.370 e. The van der Waals surface area contributed by atoms with Crippen molar-refractivity contribution in [2.75, 3.05) is 6.54 Å². The van der Waals surface area contributed by atoms with Crippen molar-refractivity contribution in [3.63, 3.8) is 0 Å². The zero-order chi connectivity index (χ0) is 13.4. The first-order valence-corrected chi connectivity index (χ1v) is 6.06. The molecule has 0 unspecified atom stereocenters. The molecule has 0 aliphatic carbocycles. The summed E-state index contributed by atoms with van der Waals surface area (Å²) < 4.78 is 0. The number of hydrogen-bond acceptors (Lipinski definition) is 2. The van der Waals surface area contributed by atoms with Gasteiger partial charge in [0, 0.05) is 12.1 Å². The second kappa shape index (κ2) is 9.60. The number of guanidine groups is 1. The number of amides is 1. The van der Waals surface area contributed by atoms with Gasteiger partial charge in [-0.05, 0) is 24.1 Å². The third-order valence-electron chi connectivity index (χ3n) is 2.51. The van der Waals surface area contributed by atoms with Crippen LogP contribution >= 0.6 is 24.0 Å². The lowest BCUT2D eigenvalue weighted by Gasteiger charge is -2.04. The zero-order valence-corrected chi connectivity index (χ0v) is 13.4. The van der Waals surface area contributed by atoms with Crippen LogP contribution in [0, 0.1) is 0 Å². The van der Waals surface area contributed by atoms with Crippen LogP contribution in [0.1, 0.15) is 35.7 Å². The van der Waals surface area contributed by atoms with E-state index in [0.29, 0.717) is 18.1 Å². The molecule has 1 amide bonds. The molecule has 19 heavy (non-hydrogen) atoms. The molecule has 0 spiro atoms. The maximum atomic E-state index is 10.9. The van der Waals surface area contributed by atoms with Crippen LogP contribution in [-0.2, 0) is 6.54 Å². The van der Waals surface area contributed by atoms with Crippen molar-refractivity contribution in [1.82, 2.24) is 5.32 Å². The SMILES string of the molecule is CCCCNC(N)=NCc1ccc(C(N)=O)cc1.I. The summed E-state index contributed by atoms with van der Waals surface area (Å²) in [7, 11) is 0. The van der Waals surface area contributed by atoms with Gasteiger partial charge >= 0.3 is 0 Å². The van der Waals surface area contributed by atoms with Gasteiger partial charge in [-0.15, -0.1) is 24.0 Å². The Morgan fingerprint density at radius 1 is 1.26 bits per heavy atom. The molecule has 1 aromatic carbocycles. The maximum Gasteiger partial charge on any atom is 0.248 e. The Kier molecular flexibility index (Phi) is 8.94. The van der Waals surface area contributed by atoms with E-state index in [0.717, 1.165) is 24.9 Å². The molecule has 0 bridgehead atoms. The Morgan fingerprint density at radius 3 is 2.42 bits per heavy atom. The third-order valence-corrected chi connectivity index (χ3v) is 2.51. The van der Waals surface area contributed by atoms with Crippen LogP contribution < -0.4 is 16.8 Å². The summed E-state index contributed by atoms with van der Waals surface area (Å²) in [5.74, 6) is 0.0215. The van der Waals surface area contributed by atoms with Crippen molar-refractivity contribution in [1.29, 1.82) is 0 Å². The number of unbranched alkanes of at least 4 members (excludes halogenated alkanes) is 1. The summed E-state index contributed by atoms with van der Waals surface area (Å²) in [6, 6.07) is 7.02. The highest BCUT2D eigenvalue weighted by Gasteiger charge is 1.99. The van der Waals surface area contributed by atoms with Gasteiger partial charge in [0.25, 0.3) is 0 Å². The predicted octanol–water partition coefficient (Wildman–Crippen LogP) is 1.61. The van der Waals surface area contributed by atoms with Crippen molar-refractivity contribution in [2.24, 2.45) is 16.5 Å². The molecule has 0 saturated heterocycles. The first-order chi connectivity index (χ1) is 8.63. The van der Waals surface area contributed by atoms with Crippen molar-refractivity contribution in [3.8, 4) is 0 Å². The zero-order valence-electron chi connectivity index (χ0n) is 11.1. The smallest absolute Gasteiger partial charge is 0.248 e. The molecule has 1 rings (SSSR count). The summed E-state index contributed by atoms with van der Waals surface area (Å²) in [4.78, 5) is 15.1. The molecular weight excluding hydrogens is 355 g/mol. The van der Waals surface area contributed by atoms with E-state index in [1.165, 1.54) is 0 Å². The van der Waals surface area contributed by atoms with Crippen LogP contribution in [0.2, 0.25) is 0 Å². The summed E-state index contributed by atoms with van der Waals surface area (Å²) in [5, 5.41) is 3.04. The van der Waals surface area contributed by atoms with Crippen molar-refractivity contribution >= 4 is 35.8 Å². The second-order valence-corrected chi connectivity index (χ2v) is 4.04. The van der Waals surface area contributed by atoms with E-state index < -0.39 is 5.91 Å². The number of rotatable bonds is 6. The molecule has 0 radical (unpaired) electrons. The number of nitrogens with one attached hydrogen (secondary N) is 1. The fourth-order valence-electron chi connectivity index (χ4n) is 1.40. The summed E-state index contributed by atoms with van der Waals surface area (Å²) in [5.41, 5.74) is 12.3. The van der Waals surface area contributed by atoms with Crippen LogP contribution in [0.25, 0.3) is 0 Å². The molecule has 1 aromatic rings. The first-order valence-electron chi connectivity index (χ1n) is 6.06. The quantitative estimate of drug-likeness (QED) is 0.305. The lowest BCUT2D eigenvalue weighted by atomic mass is 10.1. The lowest BCUT2D eigenvalue weighted by molar-refractivity contribution is 0.100. The standard InChI is InChI=1S/C13H20N4O.HI/c1-2-3-8-16-13(15)17-9-10-4-6-11(7-5-10)12(14)18;/h4-7H,2-3,8-9H2,1H3,(H2,14,18)(H3,15,16,17);1H. The van der Waals surface area contributed by atoms with Crippen molar-refractivity contribution < 1.29 is 4.79 Å². The highest BCUT2D eigenvalue weighted by atomic mass is 127. The fraction of sp³-hybridized carbons (Fsp3) is 0.385. The average molecular weight is 376 g/mol. The maximum absolute atomic E-state index is 10.9. The Morgan fingerprint density at radius 2 is 1.89 bits per heavy atom. The molecule has 106 valence electrons. The average Bonchev–Trinajstić information content (AvgIpc) is 2.37. The molecule has 6 heteroatoms. The fourth-order valence-corrected chi connectivity index (χ4v) is 1.40. The molecule has 0 aliphatic rings. The predicted molar refractivity (Wildman–Crippen MR) is 88.6 cm³/mol. The van der Waals surface area contributed by atoms with E-state index in [4.69, 9.17) is 11.5 Å². The minimum absolute atomic E-state index is 0. The lowest BCUT2D eigenvalue weighted by Crippen LogP contribution is -2.32. The van der Waals surface area contributed by atoms with Gasteiger partial charge in [-0.25, -0.2) is 4.99 Å². The van der Waals surface area contributed by atoms with E-state index in [9.17, 15) is 4.79 Å². The van der Waals surface area contributed by atoms with E-state index >= 15 is 0 Å². The number of nitrogens with zero attached hydrogens (tertiary/aromatic N) is 1. The number of nitrogens with two attached hydrogens (primary N) is 2. The van der Waals surface area contributed by atoms with Gasteiger partial charge in [-0.1, -0.05) is 25.5 Å². The number of hydrogen-bond donors (Lipinski definition) is 3. The monoisotopic (exact) mass is 376 g/mol. The van der Waals surface area contributed by atoms with E-state index in [2.05, 4.69) is 17.2 Å². The number of primary amides is 1. The molecule has 0 aliphatic heterocycles. The highest BCUT2D eigenvalue weighted by molar-refractivity contribution is 14.0. The van der Waals surface area contributed by atoms with Gasteiger partial charge in [0.1, 0.15) is 0 Å². The molecular formula is C13H21IN4O. The van der Waals surface area contributed by atoms with Crippen LogP contribution in [0.3, 0.4) is 0 Å². The molecule has 0 aromatic heterocycles. The number of aliphatic imine (C=N–C) groups is 1.